The van der Waals surface area contributed by atoms with E-state index < -0.39 is 33.8 Å². The Labute approximate surface area is 200 Å². The number of benzene rings is 2. The van der Waals surface area contributed by atoms with Crippen LogP contribution in [0.2, 0.25) is 5.02 Å². The monoisotopic (exact) mass is 499 g/mol. The third-order valence-electron chi connectivity index (χ3n) is 5.56. The average Bonchev–Trinajstić information content (AvgIpc) is 2.72. The molecule has 0 aliphatic carbocycles. The van der Waals surface area contributed by atoms with Gasteiger partial charge in [-0.05, 0) is 81.9 Å². The molecule has 182 valence electrons. The maximum absolute atomic E-state index is 14.6. The van der Waals surface area contributed by atoms with Crippen LogP contribution in [-0.4, -0.2) is 57.6 Å². The van der Waals surface area contributed by atoms with Crippen molar-refractivity contribution < 1.29 is 22.7 Å². The minimum Gasteiger partial charge on any atom is -0.480 e. The molecule has 3 N–H and O–H groups in total. The van der Waals surface area contributed by atoms with Crippen LogP contribution in [0.1, 0.15) is 36.0 Å². The zero-order chi connectivity index (χ0) is 24.9. The highest BCUT2D eigenvalue weighted by Crippen LogP contribution is 2.30. The summed E-state index contributed by atoms with van der Waals surface area (Å²) in [6.45, 7) is 6.26. The normalized spacial score (nSPS) is 13.7. The molecule has 0 aliphatic rings. The van der Waals surface area contributed by atoms with Gasteiger partial charge >= 0.3 is 5.97 Å². The maximum atomic E-state index is 14.6. The standard InChI is InChI=1S/C23H31ClFN3O4S/c1-14-7-9-18(25)21(15(14)2)16(3)22(23(29)30)27-33(31,32)20-10-8-17(24)13-19(20)26-11-6-12-28(4)5/h7-10,13,16,22,26-27H,6,11-12H2,1-5H3,(H,29,30)/t16-,22+/m1/s1. The van der Waals surface area contributed by atoms with E-state index in [1.165, 1.54) is 31.2 Å². The van der Waals surface area contributed by atoms with Crippen LogP contribution in [0.15, 0.2) is 35.2 Å². The Bertz CT molecular complexity index is 1110. The predicted octanol–water partition coefficient (Wildman–Crippen LogP) is 3.99. The van der Waals surface area contributed by atoms with Gasteiger partial charge in [-0.1, -0.05) is 24.6 Å². The number of hydrogen-bond acceptors (Lipinski definition) is 5. The second kappa shape index (κ2) is 11.3. The van der Waals surface area contributed by atoms with Gasteiger partial charge in [-0.3, -0.25) is 4.79 Å². The Kier molecular flexibility index (Phi) is 9.25. The molecular formula is C23H31ClFN3O4S. The number of carboxylic acid groups (broad SMARTS) is 1. The van der Waals surface area contributed by atoms with Gasteiger partial charge in [0.1, 0.15) is 16.8 Å². The van der Waals surface area contributed by atoms with E-state index in [-0.39, 0.29) is 16.1 Å². The molecule has 0 aliphatic heterocycles. The molecule has 0 spiro atoms. The van der Waals surface area contributed by atoms with E-state index >= 15 is 0 Å². The highest BCUT2D eigenvalue weighted by molar-refractivity contribution is 7.89. The molecule has 0 heterocycles. The highest BCUT2D eigenvalue weighted by Gasteiger charge is 2.34. The summed E-state index contributed by atoms with van der Waals surface area (Å²) in [5, 5.41) is 13.2. The van der Waals surface area contributed by atoms with Gasteiger partial charge in [0.2, 0.25) is 10.0 Å². The molecule has 0 amide bonds. The Morgan fingerprint density at radius 3 is 2.48 bits per heavy atom. The van der Waals surface area contributed by atoms with Crippen molar-refractivity contribution in [3.05, 3.63) is 57.9 Å². The van der Waals surface area contributed by atoms with E-state index in [2.05, 4.69) is 10.0 Å². The largest absolute Gasteiger partial charge is 0.480 e. The van der Waals surface area contributed by atoms with E-state index in [0.29, 0.717) is 17.1 Å². The van der Waals surface area contributed by atoms with Gasteiger partial charge in [0, 0.05) is 17.5 Å². The van der Waals surface area contributed by atoms with E-state index in [9.17, 15) is 22.7 Å². The van der Waals surface area contributed by atoms with Crippen LogP contribution in [0.3, 0.4) is 0 Å². The summed E-state index contributed by atoms with van der Waals surface area (Å²) in [5.74, 6) is -2.94. The number of halogens is 2. The minimum absolute atomic E-state index is 0.128. The van der Waals surface area contributed by atoms with E-state index in [4.69, 9.17) is 11.6 Å². The van der Waals surface area contributed by atoms with E-state index in [0.717, 1.165) is 18.5 Å². The molecule has 0 fully saturated rings. The fraction of sp³-hybridized carbons (Fsp3) is 0.435. The van der Waals surface area contributed by atoms with Crippen molar-refractivity contribution in [1.29, 1.82) is 0 Å². The van der Waals surface area contributed by atoms with Crippen molar-refractivity contribution in [2.75, 3.05) is 32.5 Å². The molecule has 2 rings (SSSR count). The summed E-state index contributed by atoms with van der Waals surface area (Å²) in [6, 6.07) is 5.50. The summed E-state index contributed by atoms with van der Waals surface area (Å²) in [6.07, 6.45) is 0.757. The topological polar surface area (TPSA) is 98.7 Å². The van der Waals surface area contributed by atoms with Gasteiger partial charge in [-0.15, -0.1) is 0 Å². The number of aliphatic carboxylic acids is 1. The van der Waals surface area contributed by atoms with Gasteiger partial charge in [0.25, 0.3) is 0 Å². The molecule has 2 aromatic rings. The first-order valence-corrected chi connectivity index (χ1v) is 12.4. The molecular weight excluding hydrogens is 469 g/mol. The minimum atomic E-state index is -4.28. The first-order valence-electron chi connectivity index (χ1n) is 10.5. The fourth-order valence-electron chi connectivity index (χ4n) is 3.62. The smallest absolute Gasteiger partial charge is 0.322 e. The molecule has 0 bridgehead atoms. The van der Waals surface area contributed by atoms with Crippen LogP contribution in [0, 0.1) is 19.7 Å². The number of carboxylic acids is 1. The number of anilines is 1. The van der Waals surface area contributed by atoms with Gasteiger partial charge in [-0.25, -0.2) is 12.8 Å². The number of nitrogens with zero attached hydrogens (tertiary/aromatic N) is 1. The lowest BCUT2D eigenvalue weighted by Gasteiger charge is -2.25. The van der Waals surface area contributed by atoms with Crippen LogP contribution in [0.5, 0.6) is 0 Å². The zero-order valence-electron chi connectivity index (χ0n) is 19.4. The van der Waals surface area contributed by atoms with Gasteiger partial charge in [0.15, 0.2) is 0 Å². The van der Waals surface area contributed by atoms with Crippen LogP contribution in [0.4, 0.5) is 10.1 Å². The summed E-state index contributed by atoms with van der Waals surface area (Å²) in [4.78, 5) is 13.9. The van der Waals surface area contributed by atoms with Crippen molar-refractivity contribution >= 4 is 33.3 Å². The maximum Gasteiger partial charge on any atom is 0.322 e. The Balaban J connectivity index is 2.37. The fourth-order valence-corrected chi connectivity index (χ4v) is 5.23. The van der Waals surface area contributed by atoms with Gasteiger partial charge in [0.05, 0.1) is 5.69 Å². The quantitative estimate of drug-likeness (QED) is 0.404. The zero-order valence-corrected chi connectivity index (χ0v) is 21.0. The van der Waals surface area contributed by atoms with Crippen molar-refractivity contribution in [2.24, 2.45) is 0 Å². The molecule has 2 atom stereocenters. The lowest BCUT2D eigenvalue weighted by atomic mass is 9.88. The summed E-state index contributed by atoms with van der Waals surface area (Å²) in [5.41, 5.74) is 1.81. The number of rotatable bonds is 11. The van der Waals surface area contributed by atoms with Crippen molar-refractivity contribution in [1.82, 2.24) is 9.62 Å². The SMILES string of the molecule is Cc1ccc(F)c([C@@H](C)[C@H](NS(=O)(=O)c2ccc(Cl)cc2NCCCN(C)C)C(=O)O)c1C. The number of carbonyl (C=O) groups is 1. The van der Waals surface area contributed by atoms with E-state index in [1.54, 1.807) is 19.9 Å². The molecule has 0 unspecified atom stereocenters. The Morgan fingerprint density at radius 2 is 1.88 bits per heavy atom. The van der Waals surface area contributed by atoms with Crippen LogP contribution in [-0.2, 0) is 14.8 Å². The Morgan fingerprint density at radius 1 is 1.21 bits per heavy atom. The van der Waals surface area contributed by atoms with Gasteiger partial charge in [-0.2, -0.15) is 4.72 Å². The van der Waals surface area contributed by atoms with Crippen LogP contribution >= 0.6 is 11.6 Å². The first kappa shape index (κ1) is 27.0. The third kappa shape index (κ3) is 6.89. The predicted molar refractivity (Wildman–Crippen MR) is 129 cm³/mol. The first-order chi connectivity index (χ1) is 15.3. The molecule has 33 heavy (non-hydrogen) atoms. The lowest BCUT2D eigenvalue weighted by Crippen LogP contribution is -2.44. The van der Waals surface area contributed by atoms with Crippen molar-refractivity contribution in [3.8, 4) is 0 Å². The van der Waals surface area contributed by atoms with Gasteiger partial charge < -0.3 is 15.3 Å². The molecule has 0 aromatic heterocycles. The number of nitrogens with one attached hydrogen (secondary N) is 2. The second-order valence-corrected chi connectivity index (χ2v) is 10.5. The summed E-state index contributed by atoms with van der Waals surface area (Å²) < 4.78 is 43.3. The molecule has 10 heteroatoms. The molecule has 2 aromatic carbocycles. The lowest BCUT2D eigenvalue weighted by molar-refractivity contribution is -0.139. The molecule has 0 saturated carbocycles. The van der Waals surface area contributed by atoms with Crippen LogP contribution in [0.25, 0.3) is 0 Å². The molecule has 0 saturated heterocycles. The Hall–Kier alpha value is -2.20. The van der Waals surface area contributed by atoms with Crippen molar-refractivity contribution in [3.63, 3.8) is 0 Å². The molecule has 0 radical (unpaired) electrons. The molecule has 7 nitrogen and oxygen atoms in total. The average molecular weight is 500 g/mol. The summed E-state index contributed by atoms with van der Waals surface area (Å²) >= 11 is 6.07. The second-order valence-electron chi connectivity index (χ2n) is 8.35. The third-order valence-corrected chi connectivity index (χ3v) is 7.30. The number of hydrogen-bond donors (Lipinski definition) is 3. The van der Waals surface area contributed by atoms with E-state index in [1.807, 2.05) is 19.0 Å². The van der Waals surface area contributed by atoms with Crippen LogP contribution < -0.4 is 10.0 Å². The highest BCUT2D eigenvalue weighted by atomic mass is 35.5. The number of aryl methyl sites for hydroxylation is 1. The van der Waals surface area contributed by atoms with Crippen molar-refractivity contribution in [2.45, 2.75) is 44.0 Å². The summed E-state index contributed by atoms with van der Waals surface area (Å²) in [7, 11) is -0.408. The number of sulfonamides is 1.